The fourth-order valence-corrected chi connectivity index (χ4v) is 3.68. The first-order valence-corrected chi connectivity index (χ1v) is 10.00. The minimum absolute atomic E-state index is 0.134. The van der Waals surface area contributed by atoms with Gasteiger partial charge < -0.3 is 5.11 Å². The van der Waals surface area contributed by atoms with Crippen LogP contribution in [0, 0.1) is 0 Å². The molecule has 28 heavy (non-hydrogen) atoms. The van der Waals surface area contributed by atoms with Crippen molar-refractivity contribution in [3.63, 3.8) is 0 Å². The smallest absolute Gasteiger partial charge is 0.286 e. The van der Waals surface area contributed by atoms with Crippen molar-refractivity contribution in [3.8, 4) is 17.1 Å². The van der Waals surface area contributed by atoms with Crippen LogP contribution in [0.4, 0.5) is 5.69 Å². The van der Waals surface area contributed by atoms with Gasteiger partial charge in [0.2, 0.25) is 5.91 Å². The largest absolute Gasteiger partial charge is 0.854 e. The van der Waals surface area contributed by atoms with E-state index in [1.807, 2.05) is 73.0 Å². The van der Waals surface area contributed by atoms with Crippen LogP contribution in [-0.4, -0.2) is 22.2 Å². The Hall–Kier alpha value is -3.19. The zero-order valence-corrected chi connectivity index (χ0v) is 16.3. The normalized spacial score (nSPS) is 15.4. The lowest BCUT2D eigenvalue weighted by Gasteiger charge is -2.31. The number of benzene rings is 2. The Morgan fingerprint density at radius 3 is 2.61 bits per heavy atom. The van der Waals surface area contributed by atoms with Gasteiger partial charge in [-0.05, 0) is 24.0 Å². The minimum atomic E-state index is -0.566. The van der Waals surface area contributed by atoms with E-state index in [9.17, 15) is 9.90 Å². The number of carbonyl (C=O) groups excluding carboxylic acids is 1. The van der Waals surface area contributed by atoms with Gasteiger partial charge in [-0.25, -0.2) is 9.88 Å². The molecule has 0 bridgehead atoms. The van der Waals surface area contributed by atoms with Crippen molar-refractivity contribution in [2.45, 2.75) is 18.2 Å². The summed E-state index contributed by atoms with van der Waals surface area (Å²) in [6.07, 6.45) is 5.06. The van der Waals surface area contributed by atoms with Gasteiger partial charge in [-0.3, -0.25) is 4.79 Å². The molecule has 0 spiro atoms. The first-order valence-electron chi connectivity index (χ1n) is 8.77. The van der Waals surface area contributed by atoms with Crippen molar-refractivity contribution in [2.24, 2.45) is 0 Å². The quantitative estimate of drug-likeness (QED) is 0.508. The maximum absolute atomic E-state index is 12.8. The lowest BCUT2D eigenvalue weighted by Crippen LogP contribution is -2.57. The first-order chi connectivity index (χ1) is 13.6. The number of hydrogen-bond donors (Lipinski definition) is 0. The molecular formula is C21H18N4O2S. The first kappa shape index (κ1) is 18.2. The topological polar surface area (TPSA) is 73.0 Å². The summed E-state index contributed by atoms with van der Waals surface area (Å²) >= 11 is 1.29. The highest BCUT2D eigenvalue weighted by Crippen LogP contribution is 2.39. The number of nitrogens with zero attached hydrogens (tertiary/aromatic N) is 4. The molecule has 1 aliphatic heterocycles. The van der Waals surface area contributed by atoms with E-state index in [4.69, 9.17) is 0 Å². The molecule has 0 fully saturated rings. The van der Waals surface area contributed by atoms with Crippen molar-refractivity contribution < 1.29 is 14.6 Å². The third-order valence-electron chi connectivity index (χ3n) is 4.54. The molecular weight excluding hydrogens is 372 g/mol. The number of amides is 1. The zero-order valence-electron chi connectivity index (χ0n) is 15.4. The minimum Gasteiger partial charge on any atom is -0.854 e. The number of thioether (sulfide) groups is 1. The van der Waals surface area contributed by atoms with E-state index in [1.165, 1.54) is 18.7 Å². The maximum atomic E-state index is 12.8. The van der Waals surface area contributed by atoms with E-state index >= 15 is 0 Å². The molecule has 7 heteroatoms. The summed E-state index contributed by atoms with van der Waals surface area (Å²) in [5.41, 5.74) is 2.71. The summed E-state index contributed by atoms with van der Waals surface area (Å²) in [5, 5.41) is 17.7. The molecule has 0 N–H and O–H groups in total. The summed E-state index contributed by atoms with van der Waals surface area (Å²) in [5.74, 6) is -0.488. The molecule has 0 saturated heterocycles. The van der Waals surface area contributed by atoms with E-state index in [0.29, 0.717) is 22.1 Å². The van der Waals surface area contributed by atoms with Crippen molar-refractivity contribution in [3.05, 3.63) is 66.2 Å². The van der Waals surface area contributed by atoms with Crippen LogP contribution in [0.15, 0.2) is 65.8 Å². The predicted octanol–water partition coefficient (Wildman–Crippen LogP) is 2.81. The van der Waals surface area contributed by atoms with Gasteiger partial charge in [-0.1, -0.05) is 65.0 Å². The number of fused-ring (bicyclic) bond motifs is 3. The van der Waals surface area contributed by atoms with E-state index < -0.39 is 6.17 Å². The van der Waals surface area contributed by atoms with E-state index in [0.717, 1.165) is 5.56 Å². The fraction of sp³-hybridized carbons (Fsp3) is 0.143. The molecule has 0 saturated carbocycles. The maximum Gasteiger partial charge on any atom is 0.286 e. The lowest BCUT2D eigenvalue weighted by molar-refractivity contribution is -0.762. The van der Waals surface area contributed by atoms with Crippen LogP contribution in [0.2, 0.25) is 0 Å². The second-order valence-electron chi connectivity index (χ2n) is 6.29. The number of aromatic nitrogens is 3. The fourth-order valence-electron chi connectivity index (χ4n) is 3.34. The molecule has 1 unspecified atom stereocenters. The third-order valence-corrected chi connectivity index (χ3v) is 5.08. The summed E-state index contributed by atoms with van der Waals surface area (Å²) in [4.78, 5) is 18.3. The highest BCUT2D eigenvalue weighted by Gasteiger charge is 2.41. The molecule has 1 aliphatic rings. The van der Waals surface area contributed by atoms with Gasteiger partial charge in [0, 0.05) is 18.1 Å². The predicted molar refractivity (Wildman–Crippen MR) is 107 cm³/mol. The van der Waals surface area contributed by atoms with Gasteiger partial charge in [0.05, 0.1) is 17.1 Å². The number of para-hydroxylation sites is 1. The average molecular weight is 390 g/mol. The number of rotatable bonds is 3. The monoisotopic (exact) mass is 390 g/mol. The SMILES string of the molecule is CSc1nc([O-])c2[n+](n1)C(/C=C/c1ccccc1)N(C(C)=O)c1ccccc1-2. The molecule has 1 atom stereocenters. The van der Waals surface area contributed by atoms with Crippen LogP contribution in [0.25, 0.3) is 17.3 Å². The summed E-state index contributed by atoms with van der Waals surface area (Å²) < 4.78 is 1.60. The molecule has 1 amide bonds. The van der Waals surface area contributed by atoms with Crippen molar-refractivity contribution in [2.75, 3.05) is 11.2 Å². The second-order valence-corrected chi connectivity index (χ2v) is 7.06. The van der Waals surface area contributed by atoms with E-state index in [1.54, 1.807) is 9.58 Å². The summed E-state index contributed by atoms with van der Waals surface area (Å²) in [7, 11) is 0. The van der Waals surface area contributed by atoms with Gasteiger partial charge >= 0.3 is 0 Å². The van der Waals surface area contributed by atoms with E-state index in [2.05, 4.69) is 10.1 Å². The van der Waals surface area contributed by atoms with Crippen LogP contribution >= 0.6 is 11.8 Å². The molecule has 0 aliphatic carbocycles. The lowest BCUT2D eigenvalue weighted by atomic mass is 10.0. The Labute approximate surface area is 167 Å². The van der Waals surface area contributed by atoms with Crippen molar-refractivity contribution in [1.29, 1.82) is 0 Å². The van der Waals surface area contributed by atoms with Crippen LogP contribution in [-0.2, 0) is 4.79 Å². The van der Waals surface area contributed by atoms with Crippen LogP contribution in [0.5, 0.6) is 5.88 Å². The number of anilines is 1. The van der Waals surface area contributed by atoms with E-state index in [-0.39, 0.29) is 11.8 Å². The van der Waals surface area contributed by atoms with Gasteiger partial charge in [0.15, 0.2) is 0 Å². The van der Waals surface area contributed by atoms with Crippen molar-refractivity contribution >= 4 is 29.4 Å². The molecule has 2 aromatic carbocycles. The number of hydrogen-bond acceptors (Lipinski definition) is 5. The molecule has 0 radical (unpaired) electrons. The molecule has 6 nitrogen and oxygen atoms in total. The van der Waals surface area contributed by atoms with Crippen molar-refractivity contribution in [1.82, 2.24) is 10.1 Å². The Kier molecular flexibility index (Phi) is 4.83. The standard InChI is InChI=1S/C21H18N4O2S/c1-14(26)24-17-11-7-6-10-16(17)19-20(27)22-21(28-2)23-25(19)18(24)13-12-15-8-4-3-5-9-15/h3-13,18H,1-2H3/b13-12+. The second kappa shape index (κ2) is 7.44. The average Bonchev–Trinajstić information content (AvgIpc) is 2.71. The molecule has 3 aromatic rings. The Morgan fingerprint density at radius 1 is 1.18 bits per heavy atom. The van der Waals surface area contributed by atoms with Gasteiger partial charge in [0.1, 0.15) is 0 Å². The highest BCUT2D eigenvalue weighted by molar-refractivity contribution is 7.98. The highest BCUT2D eigenvalue weighted by atomic mass is 32.2. The zero-order chi connectivity index (χ0) is 19.7. The Balaban J connectivity index is 1.95. The Morgan fingerprint density at radius 2 is 1.89 bits per heavy atom. The molecule has 140 valence electrons. The van der Waals surface area contributed by atoms with Crippen LogP contribution in [0.1, 0.15) is 18.7 Å². The van der Waals surface area contributed by atoms with Gasteiger partial charge in [-0.2, -0.15) is 0 Å². The third kappa shape index (κ3) is 3.14. The summed E-state index contributed by atoms with van der Waals surface area (Å²) in [6.45, 7) is 1.51. The molecule has 4 rings (SSSR count). The van der Waals surface area contributed by atoms with Crippen LogP contribution in [0.3, 0.4) is 0 Å². The van der Waals surface area contributed by atoms with Gasteiger partial charge in [-0.15, -0.1) is 0 Å². The molecule has 1 aromatic heterocycles. The molecule has 2 heterocycles. The Bertz CT molecular complexity index is 1070. The van der Waals surface area contributed by atoms with Gasteiger partial charge in [0.25, 0.3) is 17.0 Å². The number of carbonyl (C=O) groups is 1. The summed E-state index contributed by atoms with van der Waals surface area (Å²) in [6, 6.07) is 17.1. The van der Waals surface area contributed by atoms with Crippen LogP contribution < -0.4 is 14.7 Å².